The molecule has 3 heteroatoms. The average Bonchev–Trinajstić information content (AvgIpc) is 2.14. The van der Waals surface area contributed by atoms with Crippen molar-refractivity contribution in [3.05, 3.63) is 0 Å². The zero-order chi connectivity index (χ0) is 6.85. The van der Waals surface area contributed by atoms with E-state index in [0.29, 0.717) is 6.17 Å². The lowest BCUT2D eigenvalue weighted by Crippen LogP contribution is -2.42. The second-order valence-corrected chi connectivity index (χ2v) is 2.83. The Kier molecular flexibility index (Phi) is 2.05. The summed E-state index contributed by atoms with van der Waals surface area (Å²) in [6, 6.07) is 0. The van der Waals surface area contributed by atoms with Gasteiger partial charge in [-0.25, -0.2) is 0 Å². The zero-order valence-electron chi connectivity index (χ0n) is 6.09. The van der Waals surface area contributed by atoms with Gasteiger partial charge in [-0.05, 0) is 26.9 Å². The van der Waals surface area contributed by atoms with E-state index in [-0.39, 0.29) is 6.17 Å². The standard InChI is InChI=1S/C6H15N3/c1-9(2)6-4-3-5(7)8-6/h5-6,8H,3-4,7H2,1-2H3. The first-order valence-corrected chi connectivity index (χ1v) is 3.38. The van der Waals surface area contributed by atoms with E-state index in [2.05, 4.69) is 24.3 Å². The van der Waals surface area contributed by atoms with Crippen LogP contribution in [0.2, 0.25) is 0 Å². The molecule has 0 aliphatic carbocycles. The van der Waals surface area contributed by atoms with Gasteiger partial charge < -0.3 is 5.73 Å². The van der Waals surface area contributed by atoms with Crippen LogP contribution in [0.4, 0.5) is 0 Å². The maximum Gasteiger partial charge on any atom is 0.0605 e. The Morgan fingerprint density at radius 2 is 2.11 bits per heavy atom. The third-order valence-electron chi connectivity index (χ3n) is 1.78. The molecule has 0 radical (unpaired) electrons. The molecule has 0 aromatic heterocycles. The van der Waals surface area contributed by atoms with E-state index in [9.17, 15) is 0 Å². The zero-order valence-corrected chi connectivity index (χ0v) is 6.09. The third kappa shape index (κ3) is 1.64. The molecule has 2 unspecified atom stereocenters. The van der Waals surface area contributed by atoms with Gasteiger partial charge in [-0.3, -0.25) is 10.2 Å². The van der Waals surface area contributed by atoms with Crippen molar-refractivity contribution >= 4 is 0 Å². The topological polar surface area (TPSA) is 41.3 Å². The van der Waals surface area contributed by atoms with Crippen molar-refractivity contribution in [1.82, 2.24) is 10.2 Å². The van der Waals surface area contributed by atoms with Crippen LogP contribution in [0.5, 0.6) is 0 Å². The van der Waals surface area contributed by atoms with Crippen LogP contribution in [0.3, 0.4) is 0 Å². The molecule has 1 aliphatic heterocycles. The number of hydrogen-bond donors (Lipinski definition) is 2. The van der Waals surface area contributed by atoms with Crippen LogP contribution in [0, 0.1) is 0 Å². The van der Waals surface area contributed by atoms with Crippen molar-refractivity contribution in [2.45, 2.75) is 25.2 Å². The van der Waals surface area contributed by atoms with Crippen LogP contribution in [0.25, 0.3) is 0 Å². The highest BCUT2D eigenvalue weighted by Crippen LogP contribution is 2.09. The van der Waals surface area contributed by atoms with Crippen molar-refractivity contribution < 1.29 is 0 Å². The summed E-state index contributed by atoms with van der Waals surface area (Å²) in [7, 11) is 4.13. The van der Waals surface area contributed by atoms with E-state index in [1.54, 1.807) is 0 Å². The molecule has 0 bridgehead atoms. The predicted molar refractivity (Wildman–Crippen MR) is 37.8 cm³/mol. The number of hydrogen-bond acceptors (Lipinski definition) is 3. The highest BCUT2D eigenvalue weighted by Gasteiger charge is 2.21. The first-order valence-electron chi connectivity index (χ1n) is 3.38. The van der Waals surface area contributed by atoms with Gasteiger partial charge in [0, 0.05) is 0 Å². The molecule has 1 heterocycles. The van der Waals surface area contributed by atoms with E-state index in [1.807, 2.05) is 0 Å². The molecule has 1 saturated heterocycles. The summed E-state index contributed by atoms with van der Waals surface area (Å²) in [5.74, 6) is 0. The van der Waals surface area contributed by atoms with Gasteiger partial charge in [0.15, 0.2) is 0 Å². The van der Waals surface area contributed by atoms with E-state index in [4.69, 9.17) is 5.73 Å². The maximum absolute atomic E-state index is 5.63. The Balaban J connectivity index is 2.30. The van der Waals surface area contributed by atoms with Gasteiger partial charge in [0.1, 0.15) is 0 Å². The second-order valence-electron chi connectivity index (χ2n) is 2.83. The number of rotatable bonds is 1. The van der Waals surface area contributed by atoms with E-state index in [0.717, 1.165) is 6.42 Å². The number of nitrogens with zero attached hydrogens (tertiary/aromatic N) is 1. The fraction of sp³-hybridized carbons (Fsp3) is 1.00. The minimum atomic E-state index is 0.220. The van der Waals surface area contributed by atoms with Crippen molar-refractivity contribution in [3.8, 4) is 0 Å². The molecule has 54 valence electrons. The minimum absolute atomic E-state index is 0.220. The smallest absolute Gasteiger partial charge is 0.0605 e. The second kappa shape index (κ2) is 2.64. The van der Waals surface area contributed by atoms with Crippen LogP contribution in [0.1, 0.15) is 12.8 Å². The monoisotopic (exact) mass is 129 g/mol. The summed E-state index contributed by atoms with van der Waals surface area (Å²) in [5, 5.41) is 3.26. The number of nitrogens with one attached hydrogen (secondary N) is 1. The van der Waals surface area contributed by atoms with Crippen molar-refractivity contribution in [3.63, 3.8) is 0 Å². The normalized spacial score (nSPS) is 36.0. The first-order chi connectivity index (χ1) is 4.20. The Bertz CT molecular complexity index is 92.3. The van der Waals surface area contributed by atoms with Crippen LogP contribution < -0.4 is 11.1 Å². The fourth-order valence-corrected chi connectivity index (χ4v) is 1.16. The average molecular weight is 129 g/mol. The molecule has 1 rings (SSSR count). The van der Waals surface area contributed by atoms with Gasteiger partial charge >= 0.3 is 0 Å². The number of nitrogens with two attached hydrogens (primary N) is 1. The van der Waals surface area contributed by atoms with Gasteiger partial charge in [-0.15, -0.1) is 0 Å². The molecule has 1 fully saturated rings. The first kappa shape index (κ1) is 6.99. The molecule has 3 nitrogen and oxygen atoms in total. The summed E-state index contributed by atoms with van der Waals surface area (Å²) < 4.78 is 0. The third-order valence-corrected chi connectivity index (χ3v) is 1.78. The highest BCUT2D eigenvalue weighted by atomic mass is 15.3. The summed E-state index contributed by atoms with van der Waals surface area (Å²) in [6.45, 7) is 0. The quantitative estimate of drug-likeness (QED) is 0.503. The van der Waals surface area contributed by atoms with Crippen molar-refractivity contribution in [2.24, 2.45) is 5.73 Å². The Hall–Kier alpha value is -0.120. The lowest BCUT2D eigenvalue weighted by atomic mass is 10.3. The van der Waals surface area contributed by atoms with Gasteiger partial charge in [-0.2, -0.15) is 0 Å². The van der Waals surface area contributed by atoms with Crippen LogP contribution in [-0.2, 0) is 0 Å². The molecule has 0 amide bonds. The molecule has 1 aliphatic rings. The molecule has 0 aromatic rings. The predicted octanol–water partition coefficient (Wildman–Crippen LogP) is -0.458. The fourth-order valence-electron chi connectivity index (χ4n) is 1.16. The van der Waals surface area contributed by atoms with Crippen molar-refractivity contribution in [1.29, 1.82) is 0 Å². The minimum Gasteiger partial charge on any atom is -0.316 e. The lowest BCUT2D eigenvalue weighted by molar-refractivity contribution is 0.266. The molecule has 9 heavy (non-hydrogen) atoms. The van der Waals surface area contributed by atoms with Crippen LogP contribution >= 0.6 is 0 Å². The molecule has 3 N–H and O–H groups in total. The Labute approximate surface area is 56.2 Å². The SMILES string of the molecule is CN(C)C1CCC(N)N1. The Morgan fingerprint density at radius 3 is 2.33 bits per heavy atom. The molecule has 0 aromatic carbocycles. The molecular weight excluding hydrogens is 114 g/mol. The molecule has 2 atom stereocenters. The van der Waals surface area contributed by atoms with Gasteiger partial charge in [0.05, 0.1) is 12.3 Å². The molecular formula is C6H15N3. The summed E-state index contributed by atoms with van der Waals surface area (Å²) in [4.78, 5) is 2.16. The van der Waals surface area contributed by atoms with Crippen molar-refractivity contribution in [2.75, 3.05) is 14.1 Å². The largest absolute Gasteiger partial charge is 0.316 e. The summed E-state index contributed by atoms with van der Waals surface area (Å²) >= 11 is 0. The van der Waals surface area contributed by atoms with E-state index in [1.165, 1.54) is 6.42 Å². The lowest BCUT2D eigenvalue weighted by Gasteiger charge is -2.19. The molecule has 0 spiro atoms. The van der Waals surface area contributed by atoms with E-state index >= 15 is 0 Å². The maximum atomic E-state index is 5.63. The van der Waals surface area contributed by atoms with Gasteiger partial charge in [-0.1, -0.05) is 0 Å². The van der Waals surface area contributed by atoms with E-state index < -0.39 is 0 Å². The van der Waals surface area contributed by atoms with Crippen LogP contribution in [-0.4, -0.2) is 31.3 Å². The Morgan fingerprint density at radius 1 is 1.44 bits per heavy atom. The van der Waals surface area contributed by atoms with Gasteiger partial charge in [0.25, 0.3) is 0 Å². The molecule has 0 saturated carbocycles. The summed E-state index contributed by atoms with van der Waals surface area (Å²) in [6.07, 6.45) is 2.99. The van der Waals surface area contributed by atoms with Gasteiger partial charge in [0.2, 0.25) is 0 Å². The summed E-state index contributed by atoms with van der Waals surface area (Å²) in [5.41, 5.74) is 5.63. The highest BCUT2D eigenvalue weighted by molar-refractivity contribution is 4.77. The van der Waals surface area contributed by atoms with Crippen LogP contribution in [0.15, 0.2) is 0 Å².